The van der Waals surface area contributed by atoms with Gasteiger partial charge in [0.25, 0.3) is 0 Å². The second kappa shape index (κ2) is 14.8. The number of allylic oxidation sites excluding steroid dienone is 4. The van der Waals surface area contributed by atoms with E-state index < -0.39 is 30.1 Å². The van der Waals surface area contributed by atoms with E-state index in [-0.39, 0.29) is 12.3 Å². The van der Waals surface area contributed by atoms with Gasteiger partial charge in [-0.2, -0.15) is 0 Å². The van der Waals surface area contributed by atoms with Crippen molar-refractivity contribution in [2.45, 2.75) is 58.8 Å². The summed E-state index contributed by atoms with van der Waals surface area (Å²) in [7, 11) is 0. The molecule has 1 aromatic heterocycles. The number of carbonyl (C=O) groups excluding carboxylic acids is 3. The number of H-pyrrole nitrogens is 1. The molecule has 2 heterocycles. The van der Waals surface area contributed by atoms with Crippen molar-refractivity contribution in [3.05, 3.63) is 87.7 Å². The number of amides is 3. The largest absolute Gasteiger partial charge is 0.361 e. The van der Waals surface area contributed by atoms with E-state index in [1.165, 1.54) is 18.7 Å². The highest BCUT2D eigenvalue weighted by molar-refractivity contribution is 8.06. The van der Waals surface area contributed by atoms with Gasteiger partial charge in [-0.25, -0.2) is 0 Å². The molecule has 202 valence electrons. The second-order valence-electron chi connectivity index (χ2n) is 8.73. The molecular weight excluding hydrogens is 498 g/mol. The summed E-state index contributed by atoms with van der Waals surface area (Å²) in [6.07, 6.45) is 12.6. The van der Waals surface area contributed by atoms with Crippen LogP contribution in [0.3, 0.4) is 0 Å². The minimum atomic E-state index is -0.934. The Morgan fingerprint density at radius 3 is 2.37 bits per heavy atom. The Kier molecular flexibility index (Phi) is 11.9. The first kappa shape index (κ1) is 30.4. The SMILES string of the molecule is C=Cc1[nH]cc(C[C@@H](NC(C)=O)NC(=O)[C@@H](CC2=CSC(/C=C\C)=C=C2/C=C\C)NC(=O)C(C)N)c1C=C. The van der Waals surface area contributed by atoms with Gasteiger partial charge < -0.3 is 26.7 Å². The van der Waals surface area contributed by atoms with Crippen molar-refractivity contribution in [1.82, 2.24) is 20.9 Å². The van der Waals surface area contributed by atoms with Gasteiger partial charge in [-0.15, -0.1) is 0 Å². The minimum Gasteiger partial charge on any atom is -0.361 e. The lowest BCUT2D eigenvalue weighted by Crippen LogP contribution is -2.56. The zero-order chi connectivity index (χ0) is 28.2. The zero-order valence-corrected chi connectivity index (χ0v) is 23.2. The number of rotatable bonds is 13. The van der Waals surface area contributed by atoms with Crippen molar-refractivity contribution in [2.75, 3.05) is 0 Å². The summed E-state index contributed by atoms with van der Waals surface area (Å²) in [6, 6.07) is -1.74. The van der Waals surface area contributed by atoms with Gasteiger partial charge in [-0.1, -0.05) is 55.0 Å². The summed E-state index contributed by atoms with van der Waals surface area (Å²) in [5.74, 6) is -1.22. The maximum Gasteiger partial charge on any atom is 0.244 e. The van der Waals surface area contributed by atoms with E-state index in [4.69, 9.17) is 5.73 Å². The molecule has 2 rings (SSSR count). The van der Waals surface area contributed by atoms with Gasteiger partial charge in [-0.05, 0) is 49.5 Å². The fraction of sp³-hybridized carbons (Fsp3) is 0.310. The molecule has 1 aliphatic heterocycles. The van der Waals surface area contributed by atoms with Crippen LogP contribution in [-0.2, 0) is 20.8 Å². The van der Waals surface area contributed by atoms with E-state index in [1.807, 2.05) is 43.6 Å². The predicted octanol–water partition coefficient (Wildman–Crippen LogP) is 3.84. The van der Waals surface area contributed by atoms with Crippen LogP contribution in [-0.4, -0.2) is 41.0 Å². The third-order valence-corrected chi connectivity index (χ3v) is 6.51. The van der Waals surface area contributed by atoms with Crippen molar-refractivity contribution in [2.24, 2.45) is 5.73 Å². The number of hydrogen-bond donors (Lipinski definition) is 5. The van der Waals surface area contributed by atoms with Crippen LogP contribution in [0.15, 0.2) is 70.8 Å². The van der Waals surface area contributed by atoms with E-state index >= 15 is 0 Å². The Labute approximate surface area is 229 Å². The standard InChI is InChI=1S/C29H37N5O3S/c1-7-11-20-13-23(12-8-2)38-17-22(20)14-26(33-28(36)18(5)30)29(37)34-27(32-19(6)35)15-21-16-31-25(10-4)24(21)9-3/h7-12,16-18,26-27,31H,3-4,14-15,30H2,1-2,5-6H3,(H,32,35)(H,33,36)(H,34,37)/b11-7-,12-8-/t18?,26-,27+/m1/s1. The van der Waals surface area contributed by atoms with Crippen molar-refractivity contribution in [1.29, 1.82) is 0 Å². The first-order valence-corrected chi connectivity index (χ1v) is 13.2. The van der Waals surface area contributed by atoms with Crippen LogP contribution in [0, 0.1) is 0 Å². The van der Waals surface area contributed by atoms with Gasteiger partial charge in [0.15, 0.2) is 0 Å². The lowest BCUT2D eigenvalue weighted by Gasteiger charge is -2.26. The normalized spacial score (nSPS) is 15.7. The smallest absolute Gasteiger partial charge is 0.244 e. The highest BCUT2D eigenvalue weighted by atomic mass is 32.2. The molecule has 6 N–H and O–H groups in total. The Hall–Kier alpha value is -3.78. The number of nitrogens with two attached hydrogens (primary N) is 1. The topological polar surface area (TPSA) is 129 Å². The van der Waals surface area contributed by atoms with Gasteiger partial charge in [-0.3, -0.25) is 14.4 Å². The maximum atomic E-state index is 13.5. The highest BCUT2D eigenvalue weighted by Gasteiger charge is 2.27. The van der Waals surface area contributed by atoms with E-state index in [0.717, 1.165) is 32.9 Å². The molecule has 0 saturated carbocycles. The molecular formula is C29H37N5O3S. The van der Waals surface area contributed by atoms with Crippen molar-refractivity contribution < 1.29 is 14.4 Å². The number of carbonyl (C=O) groups is 3. The molecule has 0 aliphatic carbocycles. The Morgan fingerprint density at radius 2 is 1.79 bits per heavy atom. The molecule has 1 unspecified atom stereocenters. The third kappa shape index (κ3) is 8.66. The first-order chi connectivity index (χ1) is 18.1. The maximum absolute atomic E-state index is 13.5. The summed E-state index contributed by atoms with van der Waals surface area (Å²) in [5.41, 5.74) is 13.3. The van der Waals surface area contributed by atoms with Gasteiger partial charge >= 0.3 is 0 Å². The predicted molar refractivity (Wildman–Crippen MR) is 156 cm³/mol. The Bertz CT molecular complexity index is 1230. The Balaban J connectivity index is 2.36. The third-order valence-electron chi connectivity index (χ3n) is 5.62. The number of aromatic nitrogens is 1. The van der Waals surface area contributed by atoms with Crippen molar-refractivity contribution in [3.8, 4) is 0 Å². The molecule has 1 aliphatic rings. The summed E-state index contributed by atoms with van der Waals surface area (Å²) < 4.78 is 0. The molecule has 0 saturated heterocycles. The first-order valence-electron chi connectivity index (χ1n) is 12.3. The van der Waals surface area contributed by atoms with E-state index in [9.17, 15) is 14.4 Å². The van der Waals surface area contributed by atoms with Crippen LogP contribution < -0.4 is 21.7 Å². The molecule has 9 heteroatoms. The van der Waals surface area contributed by atoms with Crippen LogP contribution in [0.5, 0.6) is 0 Å². The fourth-order valence-electron chi connectivity index (χ4n) is 3.83. The van der Waals surface area contributed by atoms with Gasteiger partial charge in [0.2, 0.25) is 17.7 Å². The zero-order valence-electron chi connectivity index (χ0n) is 22.4. The highest BCUT2D eigenvalue weighted by Crippen LogP contribution is 2.31. The summed E-state index contributed by atoms with van der Waals surface area (Å²) >= 11 is 1.49. The van der Waals surface area contributed by atoms with Crippen LogP contribution in [0.4, 0.5) is 0 Å². The molecule has 0 spiro atoms. The van der Waals surface area contributed by atoms with Gasteiger partial charge in [0.05, 0.1) is 10.9 Å². The lowest BCUT2D eigenvalue weighted by molar-refractivity contribution is -0.130. The lowest BCUT2D eigenvalue weighted by atomic mass is 9.98. The van der Waals surface area contributed by atoms with Crippen LogP contribution in [0.1, 0.15) is 50.9 Å². The average molecular weight is 536 g/mol. The summed E-state index contributed by atoms with van der Waals surface area (Å²) in [6.45, 7) is 14.4. The van der Waals surface area contributed by atoms with E-state index in [0.29, 0.717) is 6.42 Å². The Morgan fingerprint density at radius 1 is 1.08 bits per heavy atom. The van der Waals surface area contributed by atoms with Crippen LogP contribution in [0.25, 0.3) is 12.2 Å². The fourth-order valence-corrected chi connectivity index (χ4v) is 4.70. The van der Waals surface area contributed by atoms with Crippen LogP contribution >= 0.6 is 11.8 Å². The molecule has 38 heavy (non-hydrogen) atoms. The molecule has 0 radical (unpaired) electrons. The molecule has 8 nitrogen and oxygen atoms in total. The quantitative estimate of drug-likeness (QED) is 0.194. The molecule has 0 aromatic carbocycles. The number of nitrogens with one attached hydrogen (secondary N) is 4. The molecule has 3 atom stereocenters. The van der Waals surface area contributed by atoms with Crippen LogP contribution in [0.2, 0.25) is 0 Å². The molecule has 3 amide bonds. The minimum absolute atomic E-state index is 0.211. The van der Waals surface area contributed by atoms with Gasteiger partial charge in [0, 0.05) is 42.8 Å². The molecule has 0 bridgehead atoms. The van der Waals surface area contributed by atoms with E-state index in [1.54, 1.807) is 25.3 Å². The number of aromatic amines is 1. The van der Waals surface area contributed by atoms with Crippen molar-refractivity contribution in [3.63, 3.8) is 0 Å². The van der Waals surface area contributed by atoms with Gasteiger partial charge in [0.1, 0.15) is 12.2 Å². The summed E-state index contributed by atoms with van der Waals surface area (Å²) in [4.78, 5) is 42.1. The van der Waals surface area contributed by atoms with Crippen molar-refractivity contribution >= 4 is 41.6 Å². The average Bonchev–Trinajstić information content (AvgIpc) is 3.26. The number of hydrogen-bond acceptors (Lipinski definition) is 5. The molecule has 0 fully saturated rings. The monoisotopic (exact) mass is 535 g/mol. The second-order valence-corrected chi connectivity index (χ2v) is 9.64. The summed E-state index contributed by atoms with van der Waals surface area (Å²) in [5, 5.41) is 10.4. The van der Waals surface area contributed by atoms with E-state index in [2.05, 4.69) is 39.8 Å². The number of thioether (sulfide) groups is 1. The molecule has 1 aromatic rings.